The number of carbonyl (C=O) groups excluding carboxylic acids is 2. The first-order chi connectivity index (χ1) is 17.6. The summed E-state index contributed by atoms with van der Waals surface area (Å²) in [6, 6.07) is 0. The Morgan fingerprint density at radius 2 is 1.47 bits per heavy atom. The standard InChI is InChI=1S/C34H54O4/c1-21(2)24-12-17-34(20-37-22(3)35)19-18-32(8)25(29(24)34)10-11-27-31(7)15-14-28(38-23(4)36)30(5,6)26(31)13-16-33(27,32)9/h24-29H,1,10-20H2,2-9H3/t24-,25+,26?,27?,28+,29-,31-,32+,33+,34+/m0/s1. The molecular formula is C34H54O4. The van der Waals surface area contributed by atoms with E-state index in [1.165, 1.54) is 56.9 Å². The summed E-state index contributed by atoms with van der Waals surface area (Å²) in [5, 5.41) is 0. The molecular weight excluding hydrogens is 472 g/mol. The minimum atomic E-state index is -0.140. The number of ether oxygens (including phenoxy) is 2. The monoisotopic (exact) mass is 526 g/mol. The van der Waals surface area contributed by atoms with Crippen LogP contribution in [0.5, 0.6) is 0 Å². The molecule has 4 heteroatoms. The van der Waals surface area contributed by atoms with Gasteiger partial charge in [-0.25, -0.2) is 0 Å². The number of esters is 2. The van der Waals surface area contributed by atoms with E-state index in [2.05, 4.69) is 48.1 Å². The molecule has 4 nitrogen and oxygen atoms in total. The van der Waals surface area contributed by atoms with Crippen LogP contribution in [-0.2, 0) is 19.1 Å². The molecule has 0 saturated heterocycles. The smallest absolute Gasteiger partial charge is 0.302 e. The second-order valence-electron chi connectivity index (χ2n) is 15.8. The molecule has 0 aliphatic heterocycles. The van der Waals surface area contributed by atoms with Crippen LogP contribution >= 0.6 is 0 Å². The Hall–Kier alpha value is -1.32. The van der Waals surface area contributed by atoms with Gasteiger partial charge in [-0.1, -0.05) is 46.8 Å². The fourth-order valence-corrected chi connectivity index (χ4v) is 12.2. The van der Waals surface area contributed by atoms with E-state index in [4.69, 9.17) is 9.47 Å². The number of allylic oxidation sites excluding steroid dienone is 1. The Kier molecular flexibility index (Phi) is 6.76. The van der Waals surface area contributed by atoms with Crippen LogP contribution in [0.15, 0.2) is 12.2 Å². The van der Waals surface area contributed by atoms with E-state index in [1.54, 1.807) is 13.8 Å². The lowest BCUT2D eigenvalue weighted by Gasteiger charge is -2.73. The van der Waals surface area contributed by atoms with Gasteiger partial charge < -0.3 is 9.47 Å². The molecule has 0 aromatic heterocycles. The zero-order valence-corrected chi connectivity index (χ0v) is 25.6. The lowest BCUT2D eigenvalue weighted by atomic mass is 9.32. The summed E-state index contributed by atoms with van der Waals surface area (Å²) in [5.74, 6) is 2.76. The van der Waals surface area contributed by atoms with Crippen molar-refractivity contribution >= 4 is 11.9 Å². The second-order valence-corrected chi connectivity index (χ2v) is 15.8. The first-order valence-electron chi connectivity index (χ1n) is 15.6. The van der Waals surface area contributed by atoms with Crippen molar-refractivity contribution in [1.29, 1.82) is 0 Å². The van der Waals surface area contributed by atoms with Gasteiger partial charge in [-0.05, 0) is 117 Å². The summed E-state index contributed by atoms with van der Waals surface area (Å²) in [6.07, 6.45) is 12.0. The van der Waals surface area contributed by atoms with Gasteiger partial charge >= 0.3 is 11.9 Å². The molecule has 0 spiro atoms. The zero-order valence-electron chi connectivity index (χ0n) is 25.6. The summed E-state index contributed by atoms with van der Waals surface area (Å²) >= 11 is 0. The molecule has 5 saturated carbocycles. The predicted octanol–water partition coefficient (Wildman–Crippen LogP) is 8.14. The Bertz CT molecular complexity index is 998. The highest BCUT2D eigenvalue weighted by Gasteiger charge is 2.71. The Labute approximate surface area is 232 Å². The van der Waals surface area contributed by atoms with E-state index in [9.17, 15) is 9.59 Å². The van der Waals surface area contributed by atoms with Crippen molar-refractivity contribution in [2.24, 2.45) is 56.7 Å². The second kappa shape index (κ2) is 9.10. The van der Waals surface area contributed by atoms with E-state index in [0.717, 1.165) is 12.8 Å². The van der Waals surface area contributed by atoms with E-state index >= 15 is 0 Å². The number of rotatable bonds is 4. The van der Waals surface area contributed by atoms with Gasteiger partial charge in [0.15, 0.2) is 0 Å². The summed E-state index contributed by atoms with van der Waals surface area (Å²) in [4.78, 5) is 23.8. The maximum Gasteiger partial charge on any atom is 0.302 e. The van der Waals surface area contributed by atoms with Gasteiger partial charge in [0.1, 0.15) is 6.10 Å². The molecule has 10 atom stereocenters. The van der Waals surface area contributed by atoms with Crippen molar-refractivity contribution in [1.82, 2.24) is 0 Å². The molecule has 5 aliphatic carbocycles. The molecule has 38 heavy (non-hydrogen) atoms. The van der Waals surface area contributed by atoms with Crippen LogP contribution in [0.25, 0.3) is 0 Å². The molecule has 0 bridgehead atoms. The van der Waals surface area contributed by atoms with Gasteiger partial charge in [-0.2, -0.15) is 0 Å². The average Bonchev–Trinajstić information content (AvgIpc) is 3.20. The Morgan fingerprint density at radius 1 is 0.763 bits per heavy atom. The number of carbonyl (C=O) groups is 2. The molecule has 0 radical (unpaired) electrons. The van der Waals surface area contributed by atoms with Crippen molar-refractivity contribution in [3.05, 3.63) is 12.2 Å². The predicted molar refractivity (Wildman–Crippen MR) is 151 cm³/mol. The zero-order chi connectivity index (χ0) is 27.9. The largest absolute Gasteiger partial charge is 0.465 e. The molecule has 0 aromatic carbocycles. The highest BCUT2D eigenvalue weighted by Crippen LogP contribution is 2.77. The number of hydrogen-bond donors (Lipinski definition) is 0. The number of hydrogen-bond acceptors (Lipinski definition) is 4. The summed E-state index contributed by atoms with van der Waals surface area (Å²) in [5.41, 5.74) is 2.30. The minimum absolute atomic E-state index is 0.00000109. The van der Waals surface area contributed by atoms with Crippen molar-refractivity contribution < 1.29 is 19.1 Å². The van der Waals surface area contributed by atoms with Crippen molar-refractivity contribution in [2.75, 3.05) is 6.61 Å². The molecule has 5 fully saturated rings. The van der Waals surface area contributed by atoms with Gasteiger partial charge in [0.25, 0.3) is 0 Å². The third-order valence-electron chi connectivity index (χ3n) is 14.0. The van der Waals surface area contributed by atoms with Crippen LogP contribution in [0.2, 0.25) is 0 Å². The van der Waals surface area contributed by atoms with Gasteiger partial charge in [-0.15, -0.1) is 0 Å². The molecule has 0 N–H and O–H groups in total. The van der Waals surface area contributed by atoms with E-state index in [0.29, 0.717) is 41.6 Å². The average molecular weight is 527 g/mol. The minimum Gasteiger partial charge on any atom is -0.465 e. The third kappa shape index (κ3) is 3.80. The van der Waals surface area contributed by atoms with Crippen molar-refractivity contribution in [3.63, 3.8) is 0 Å². The normalized spacial score (nSPS) is 49.1. The molecule has 2 unspecified atom stereocenters. The van der Waals surface area contributed by atoms with E-state index in [1.807, 2.05) is 0 Å². The molecule has 5 aliphatic rings. The summed E-state index contributed by atoms with van der Waals surface area (Å²) < 4.78 is 11.7. The highest BCUT2D eigenvalue weighted by atomic mass is 16.5. The number of fused-ring (bicyclic) bond motifs is 7. The SMILES string of the molecule is C=C(C)[C@@H]1CC[C@]2(COC(C)=O)CC[C@]3(C)[C@H](CCC4[C@@]5(C)CC[C@@H](OC(C)=O)C(C)(C)C5CC[C@]43C)[C@H]12. The molecule has 0 amide bonds. The van der Waals surface area contributed by atoms with Gasteiger partial charge in [0, 0.05) is 24.7 Å². The van der Waals surface area contributed by atoms with Crippen molar-refractivity contribution in [3.8, 4) is 0 Å². The van der Waals surface area contributed by atoms with E-state index < -0.39 is 0 Å². The fraction of sp³-hybridized carbons (Fsp3) is 0.882. The lowest BCUT2D eigenvalue weighted by Crippen LogP contribution is -2.67. The molecule has 0 aromatic rings. The van der Waals surface area contributed by atoms with Crippen LogP contribution < -0.4 is 0 Å². The highest BCUT2D eigenvalue weighted by molar-refractivity contribution is 5.66. The molecule has 214 valence electrons. The third-order valence-corrected chi connectivity index (χ3v) is 14.0. The Morgan fingerprint density at radius 3 is 2.11 bits per heavy atom. The quantitative estimate of drug-likeness (QED) is 0.274. The maximum atomic E-state index is 11.9. The fourth-order valence-electron chi connectivity index (χ4n) is 12.2. The van der Waals surface area contributed by atoms with Crippen LogP contribution in [0.4, 0.5) is 0 Å². The topological polar surface area (TPSA) is 52.6 Å². The summed E-state index contributed by atoms with van der Waals surface area (Å²) in [6.45, 7) is 23.1. The van der Waals surface area contributed by atoms with Crippen LogP contribution in [0.3, 0.4) is 0 Å². The van der Waals surface area contributed by atoms with Gasteiger partial charge in [0.05, 0.1) is 6.61 Å². The van der Waals surface area contributed by atoms with Gasteiger partial charge in [-0.3, -0.25) is 9.59 Å². The van der Waals surface area contributed by atoms with Crippen LogP contribution in [0, 0.1) is 56.7 Å². The lowest BCUT2D eigenvalue weighted by molar-refractivity contribution is -0.252. The van der Waals surface area contributed by atoms with Crippen molar-refractivity contribution in [2.45, 2.75) is 126 Å². The maximum absolute atomic E-state index is 11.9. The van der Waals surface area contributed by atoms with Crippen LogP contribution in [-0.4, -0.2) is 24.6 Å². The van der Waals surface area contributed by atoms with Crippen LogP contribution in [0.1, 0.15) is 120 Å². The molecule has 0 heterocycles. The first kappa shape index (κ1) is 28.2. The first-order valence-corrected chi connectivity index (χ1v) is 15.6. The Balaban J connectivity index is 1.49. The molecule has 5 rings (SSSR count). The summed E-state index contributed by atoms with van der Waals surface area (Å²) in [7, 11) is 0. The van der Waals surface area contributed by atoms with Gasteiger partial charge in [0.2, 0.25) is 0 Å². The van der Waals surface area contributed by atoms with E-state index in [-0.39, 0.29) is 39.7 Å².